The van der Waals surface area contributed by atoms with Gasteiger partial charge in [-0.25, -0.2) is 9.97 Å². The Labute approximate surface area is 122 Å². The number of aromatic nitrogens is 2. The molecule has 19 heavy (non-hydrogen) atoms. The van der Waals surface area contributed by atoms with Crippen molar-refractivity contribution in [2.45, 2.75) is 59.1 Å². The Morgan fingerprint density at radius 3 is 2.47 bits per heavy atom. The molecule has 3 nitrogen and oxygen atoms in total. The molecular formula is C15H27N3S. The van der Waals surface area contributed by atoms with Crippen molar-refractivity contribution in [3.63, 3.8) is 0 Å². The third-order valence-corrected chi connectivity index (χ3v) is 4.04. The molecule has 0 aliphatic rings. The Balaban J connectivity index is 2.93. The van der Waals surface area contributed by atoms with E-state index in [1.165, 1.54) is 17.7 Å². The van der Waals surface area contributed by atoms with Gasteiger partial charge in [-0.05, 0) is 31.4 Å². The molecule has 0 aliphatic carbocycles. The molecule has 1 aromatic heterocycles. The van der Waals surface area contributed by atoms with Crippen LogP contribution in [0.4, 0.5) is 5.82 Å². The van der Waals surface area contributed by atoms with Gasteiger partial charge < -0.3 is 5.32 Å². The molecular weight excluding hydrogens is 254 g/mol. The molecule has 0 saturated heterocycles. The van der Waals surface area contributed by atoms with Crippen LogP contribution < -0.4 is 5.32 Å². The number of rotatable bonds is 8. The normalized spacial score (nSPS) is 11.1. The Morgan fingerprint density at radius 2 is 1.89 bits per heavy atom. The average Bonchev–Trinajstić information content (AvgIpc) is 2.35. The monoisotopic (exact) mass is 281 g/mol. The van der Waals surface area contributed by atoms with E-state index < -0.39 is 0 Å². The Morgan fingerprint density at radius 1 is 1.16 bits per heavy atom. The maximum atomic E-state index is 4.72. The second-order valence-electron chi connectivity index (χ2n) is 5.12. The van der Waals surface area contributed by atoms with E-state index in [0.29, 0.717) is 5.92 Å². The van der Waals surface area contributed by atoms with Gasteiger partial charge in [0.25, 0.3) is 0 Å². The Hall–Kier alpha value is -0.770. The van der Waals surface area contributed by atoms with Crippen LogP contribution in [0.5, 0.6) is 0 Å². The van der Waals surface area contributed by atoms with Crippen molar-refractivity contribution in [2.75, 3.05) is 17.6 Å². The summed E-state index contributed by atoms with van der Waals surface area (Å²) in [7, 11) is 0. The molecule has 1 N–H and O–H groups in total. The van der Waals surface area contributed by atoms with E-state index in [0.717, 1.165) is 36.1 Å². The van der Waals surface area contributed by atoms with E-state index in [1.54, 1.807) is 0 Å². The number of nitrogens with zero attached hydrogens (tertiary/aromatic N) is 2. The molecule has 0 atom stereocenters. The fourth-order valence-corrected chi connectivity index (χ4v) is 2.83. The van der Waals surface area contributed by atoms with Crippen molar-refractivity contribution in [1.82, 2.24) is 9.97 Å². The standard InChI is InChI=1S/C15H27N3S/c1-6-8-16-15-14(11(3)4)12(5)17-13(18-15)10-19-9-7-2/h11H,6-10H2,1-5H3,(H,16,17,18). The lowest BCUT2D eigenvalue weighted by molar-refractivity contribution is 0.813. The summed E-state index contributed by atoms with van der Waals surface area (Å²) in [6.07, 6.45) is 2.31. The fourth-order valence-electron chi connectivity index (χ4n) is 2.08. The largest absolute Gasteiger partial charge is 0.370 e. The van der Waals surface area contributed by atoms with Crippen molar-refractivity contribution >= 4 is 17.6 Å². The quantitative estimate of drug-likeness (QED) is 0.718. The highest BCUT2D eigenvalue weighted by atomic mass is 32.2. The van der Waals surface area contributed by atoms with E-state index in [9.17, 15) is 0 Å². The molecule has 0 amide bonds. The van der Waals surface area contributed by atoms with Gasteiger partial charge in [0.1, 0.15) is 11.6 Å². The molecule has 0 aliphatic heterocycles. The molecule has 1 aromatic rings. The summed E-state index contributed by atoms with van der Waals surface area (Å²) >= 11 is 1.91. The number of thioether (sulfide) groups is 1. The van der Waals surface area contributed by atoms with Crippen molar-refractivity contribution in [2.24, 2.45) is 0 Å². The molecule has 108 valence electrons. The molecule has 0 saturated carbocycles. The highest BCUT2D eigenvalue weighted by molar-refractivity contribution is 7.98. The van der Waals surface area contributed by atoms with Crippen LogP contribution in [0.1, 0.15) is 63.5 Å². The second-order valence-corrected chi connectivity index (χ2v) is 6.23. The Kier molecular flexibility index (Phi) is 7.21. The summed E-state index contributed by atoms with van der Waals surface area (Å²) in [5.74, 6) is 4.53. The van der Waals surface area contributed by atoms with Gasteiger partial charge >= 0.3 is 0 Å². The summed E-state index contributed by atoms with van der Waals surface area (Å²) in [5, 5.41) is 3.46. The van der Waals surface area contributed by atoms with Crippen LogP contribution in [-0.4, -0.2) is 22.3 Å². The van der Waals surface area contributed by atoms with Gasteiger partial charge in [-0.3, -0.25) is 0 Å². The minimum absolute atomic E-state index is 0.455. The molecule has 1 heterocycles. The topological polar surface area (TPSA) is 37.8 Å². The SMILES string of the molecule is CCCNc1nc(CSCCC)nc(C)c1C(C)C. The molecule has 1 rings (SSSR count). The number of hydrogen-bond donors (Lipinski definition) is 1. The van der Waals surface area contributed by atoms with Gasteiger partial charge in [0.15, 0.2) is 0 Å². The van der Waals surface area contributed by atoms with Crippen molar-refractivity contribution in [1.29, 1.82) is 0 Å². The first kappa shape index (κ1) is 16.3. The van der Waals surface area contributed by atoms with Crippen LogP contribution in [0.25, 0.3) is 0 Å². The van der Waals surface area contributed by atoms with Gasteiger partial charge in [-0.2, -0.15) is 11.8 Å². The minimum Gasteiger partial charge on any atom is -0.370 e. The van der Waals surface area contributed by atoms with E-state index in [1.807, 2.05) is 11.8 Å². The van der Waals surface area contributed by atoms with Crippen molar-refractivity contribution in [3.8, 4) is 0 Å². The molecule has 0 unspecified atom stereocenters. The van der Waals surface area contributed by atoms with E-state index in [2.05, 4.69) is 44.9 Å². The molecule has 0 spiro atoms. The third-order valence-electron chi connectivity index (χ3n) is 2.88. The van der Waals surface area contributed by atoms with Crippen LogP contribution in [-0.2, 0) is 5.75 Å². The summed E-state index contributed by atoms with van der Waals surface area (Å²) < 4.78 is 0. The summed E-state index contributed by atoms with van der Waals surface area (Å²) in [5.41, 5.74) is 2.38. The van der Waals surface area contributed by atoms with E-state index in [-0.39, 0.29) is 0 Å². The molecule has 0 aromatic carbocycles. The molecule has 0 bridgehead atoms. The zero-order valence-electron chi connectivity index (χ0n) is 12.9. The smallest absolute Gasteiger partial charge is 0.140 e. The van der Waals surface area contributed by atoms with E-state index in [4.69, 9.17) is 4.98 Å². The number of nitrogens with one attached hydrogen (secondary N) is 1. The molecule has 0 fully saturated rings. The number of aryl methyl sites for hydroxylation is 1. The summed E-state index contributed by atoms with van der Waals surface area (Å²) in [6.45, 7) is 11.9. The van der Waals surface area contributed by atoms with Crippen LogP contribution in [0.3, 0.4) is 0 Å². The summed E-state index contributed by atoms with van der Waals surface area (Å²) in [6, 6.07) is 0. The predicted molar refractivity (Wildman–Crippen MR) is 86.1 cm³/mol. The van der Waals surface area contributed by atoms with Crippen LogP contribution in [0.2, 0.25) is 0 Å². The lowest BCUT2D eigenvalue weighted by atomic mass is 10.0. The minimum atomic E-state index is 0.455. The van der Waals surface area contributed by atoms with Gasteiger partial charge in [-0.15, -0.1) is 0 Å². The number of hydrogen-bond acceptors (Lipinski definition) is 4. The van der Waals surface area contributed by atoms with Crippen LogP contribution in [0, 0.1) is 6.92 Å². The third kappa shape index (κ3) is 5.01. The zero-order chi connectivity index (χ0) is 14.3. The maximum Gasteiger partial charge on any atom is 0.140 e. The van der Waals surface area contributed by atoms with Gasteiger partial charge in [0.05, 0.1) is 5.75 Å². The van der Waals surface area contributed by atoms with Crippen molar-refractivity contribution in [3.05, 3.63) is 17.1 Å². The second kappa shape index (κ2) is 8.41. The molecule has 4 heteroatoms. The first-order chi connectivity index (χ1) is 9.10. The highest BCUT2D eigenvalue weighted by Crippen LogP contribution is 2.26. The van der Waals surface area contributed by atoms with Gasteiger partial charge in [-0.1, -0.05) is 27.7 Å². The van der Waals surface area contributed by atoms with Gasteiger partial charge in [0.2, 0.25) is 0 Å². The average molecular weight is 281 g/mol. The lowest BCUT2D eigenvalue weighted by Crippen LogP contribution is -2.11. The first-order valence-electron chi connectivity index (χ1n) is 7.29. The fraction of sp³-hybridized carbons (Fsp3) is 0.733. The van der Waals surface area contributed by atoms with E-state index >= 15 is 0 Å². The van der Waals surface area contributed by atoms with Crippen LogP contribution in [0.15, 0.2) is 0 Å². The lowest BCUT2D eigenvalue weighted by Gasteiger charge is -2.17. The summed E-state index contributed by atoms with van der Waals surface area (Å²) in [4.78, 5) is 9.38. The predicted octanol–water partition coefficient (Wildman–Crippen LogP) is 4.37. The Bertz CT molecular complexity index is 391. The maximum absolute atomic E-state index is 4.72. The zero-order valence-corrected chi connectivity index (χ0v) is 13.7. The first-order valence-corrected chi connectivity index (χ1v) is 8.44. The molecule has 0 radical (unpaired) electrons. The van der Waals surface area contributed by atoms with Crippen LogP contribution >= 0.6 is 11.8 Å². The highest BCUT2D eigenvalue weighted by Gasteiger charge is 2.14. The van der Waals surface area contributed by atoms with Gasteiger partial charge in [0, 0.05) is 17.8 Å². The van der Waals surface area contributed by atoms with Crippen molar-refractivity contribution < 1.29 is 0 Å². The number of anilines is 1.